The molecule has 44 heavy (non-hydrogen) atoms. The molecule has 13 heteroatoms. The number of halogens is 3. The van der Waals surface area contributed by atoms with E-state index >= 15 is 0 Å². The molecule has 0 bridgehead atoms. The maximum absolute atomic E-state index is 13.5. The maximum atomic E-state index is 13.5. The molecule has 0 unspecified atom stereocenters. The number of hydrogen-bond acceptors (Lipinski definition) is 6. The van der Waals surface area contributed by atoms with Gasteiger partial charge in [0.1, 0.15) is 12.4 Å². The van der Waals surface area contributed by atoms with Crippen molar-refractivity contribution < 1.29 is 41.8 Å². The van der Waals surface area contributed by atoms with Crippen LogP contribution in [0.25, 0.3) is 0 Å². The van der Waals surface area contributed by atoms with Gasteiger partial charge in [0.2, 0.25) is 5.91 Å². The Morgan fingerprint density at radius 2 is 1.64 bits per heavy atom. The first kappa shape index (κ1) is 33.1. The topological polar surface area (TPSA) is 109 Å². The van der Waals surface area contributed by atoms with E-state index in [9.17, 15) is 27.6 Å². The van der Waals surface area contributed by atoms with Gasteiger partial charge >= 0.3 is 12.2 Å². The number of benzene rings is 2. The molecule has 240 valence electrons. The molecule has 3 atom stereocenters. The van der Waals surface area contributed by atoms with E-state index in [0.717, 1.165) is 12.1 Å². The van der Waals surface area contributed by atoms with Gasteiger partial charge in [-0.3, -0.25) is 9.59 Å². The lowest BCUT2D eigenvalue weighted by Crippen LogP contribution is -2.50. The molecular formula is C31H39F3N4O6. The van der Waals surface area contributed by atoms with Gasteiger partial charge in [-0.25, -0.2) is 4.79 Å². The van der Waals surface area contributed by atoms with Crippen LogP contribution in [0, 0.1) is 11.8 Å². The molecule has 2 aromatic carbocycles. The van der Waals surface area contributed by atoms with Gasteiger partial charge in [0.15, 0.2) is 0 Å². The number of methoxy groups -OCH3 is 1. The fourth-order valence-electron chi connectivity index (χ4n) is 5.27. The van der Waals surface area contributed by atoms with Crippen LogP contribution in [0.2, 0.25) is 0 Å². The summed E-state index contributed by atoms with van der Waals surface area (Å²) in [6.07, 6.45) is -3.68. The normalized spacial score (nSPS) is 22.2. The summed E-state index contributed by atoms with van der Waals surface area (Å²) in [7, 11) is 3.18. The number of fused-ring (bicyclic) bond motifs is 1. The molecule has 4 amide bonds. The zero-order valence-corrected chi connectivity index (χ0v) is 25.3. The van der Waals surface area contributed by atoms with Gasteiger partial charge in [0.05, 0.1) is 23.3 Å². The molecule has 2 aromatic rings. The van der Waals surface area contributed by atoms with Crippen molar-refractivity contribution in [1.82, 2.24) is 9.80 Å². The second-order valence-corrected chi connectivity index (χ2v) is 11.3. The fraction of sp³-hybridized carbons (Fsp3) is 0.516. The summed E-state index contributed by atoms with van der Waals surface area (Å²) in [5.74, 6) is -0.590. The number of carbonyl (C=O) groups is 3. The van der Waals surface area contributed by atoms with Gasteiger partial charge in [0, 0.05) is 69.7 Å². The quantitative estimate of drug-likeness (QED) is 0.492. The molecule has 0 aliphatic carbocycles. The first-order valence-corrected chi connectivity index (χ1v) is 14.6. The van der Waals surface area contributed by atoms with Crippen molar-refractivity contribution in [1.29, 1.82) is 0 Å². The predicted molar refractivity (Wildman–Crippen MR) is 158 cm³/mol. The Morgan fingerprint density at radius 1 is 0.977 bits per heavy atom. The minimum Gasteiger partial charge on any atom is -0.491 e. The van der Waals surface area contributed by atoms with Crippen molar-refractivity contribution in [2.75, 3.05) is 57.7 Å². The summed E-state index contributed by atoms with van der Waals surface area (Å²) < 4.78 is 56.2. The Kier molecular flexibility index (Phi) is 10.7. The molecule has 2 heterocycles. The summed E-state index contributed by atoms with van der Waals surface area (Å²) in [4.78, 5) is 42.9. The first-order valence-electron chi connectivity index (χ1n) is 14.6. The zero-order chi connectivity index (χ0) is 32.0. The summed E-state index contributed by atoms with van der Waals surface area (Å²) in [6.45, 7) is 5.14. The molecule has 0 spiro atoms. The highest BCUT2D eigenvalue weighted by atomic mass is 19.4. The van der Waals surface area contributed by atoms with Gasteiger partial charge < -0.3 is 34.6 Å². The van der Waals surface area contributed by atoms with Crippen molar-refractivity contribution in [3.63, 3.8) is 0 Å². The Labute approximate surface area is 254 Å². The number of rotatable bonds is 4. The number of anilines is 2. The molecule has 0 radical (unpaired) electrons. The largest absolute Gasteiger partial charge is 0.491 e. The molecule has 1 fully saturated rings. The number of ether oxygens (including phenoxy) is 3. The minimum absolute atomic E-state index is 0.00778. The van der Waals surface area contributed by atoms with E-state index in [-0.39, 0.29) is 60.3 Å². The average molecular weight is 621 g/mol. The Hall–Kier alpha value is -3.84. The number of likely N-dealkylation sites (N-methyl/N-ethyl adjacent to an activating group) is 1. The Balaban J connectivity index is 1.58. The standard InChI is InChI=1S/C31H39F3N4O6/c1-19-16-38(30(41)36-23-7-5-22(6-8-23)31(32,33)34)20(2)18-44-26-15-24(35-28(39)21-11-13-43-14-12-21)9-10-25(26)29(40)37(3)17-27(19)42-4/h5-10,15,19-21,27H,11-14,16-18H2,1-4H3,(H,35,39)(H,36,41)/t19-,20-,27-/m1/s1. The van der Waals surface area contributed by atoms with Crippen LogP contribution in [0.3, 0.4) is 0 Å². The van der Waals surface area contributed by atoms with E-state index in [1.165, 1.54) is 29.0 Å². The third-order valence-corrected chi connectivity index (χ3v) is 8.03. The minimum atomic E-state index is -4.49. The van der Waals surface area contributed by atoms with Crippen molar-refractivity contribution in [2.45, 2.75) is 45.0 Å². The third kappa shape index (κ3) is 8.20. The molecule has 4 rings (SSSR count). The molecule has 1 saturated heterocycles. The average Bonchev–Trinajstić information content (AvgIpc) is 3.00. The van der Waals surface area contributed by atoms with Gasteiger partial charge in [-0.2, -0.15) is 13.2 Å². The van der Waals surface area contributed by atoms with Gasteiger partial charge in [-0.1, -0.05) is 6.92 Å². The summed E-state index contributed by atoms with van der Waals surface area (Å²) in [6, 6.07) is 8.02. The highest BCUT2D eigenvalue weighted by molar-refractivity contribution is 5.99. The molecule has 0 aromatic heterocycles. The van der Waals surface area contributed by atoms with Crippen molar-refractivity contribution in [2.24, 2.45) is 11.8 Å². The van der Waals surface area contributed by atoms with Crippen LogP contribution in [0.15, 0.2) is 42.5 Å². The van der Waals surface area contributed by atoms with E-state index in [0.29, 0.717) is 31.7 Å². The second-order valence-electron chi connectivity index (χ2n) is 11.3. The fourth-order valence-corrected chi connectivity index (χ4v) is 5.27. The van der Waals surface area contributed by atoms with Crippen LogP contribution in [-0.2, 0) is 20.4 Å². The smallest absolute Gasteiger partial charge is 0.416 e. The predicted octanol–water partition coefficient (Wildman–Crippen LogP) is 5.11. The molecule has 2 aliphatic rings. The van der Waals surface area contributed by atoms with Crippen LogP contribution in [-0.4, -0.2) is 86.9 Å². The third-order valence-electron chi connectivity index (χ3n) is 8.03. The molecule has 2 aliphatic heterocycles. The number of hydrogen-bond donors (Lipinski definition) is 2. The van der Waals surface area contributed by atoms with Gasteiger partial charge in [-0.05, 0) is 56.2 Å². The van der Waals surface area contributed by atoms with E-state index in [2.05, 4.69) is 10.6 Å². The van der Waals surface area contributed by atoms with Crippen molar-refractivity contribution >= 4 is 29.2 Å². The van der Waals surface area contributed by atoms with Crippen LogP contribution in [0.4, 0.5) is 29.3 Å². The van der Waals surface area contributed by atoms with Crippen LogP contribution >= 0.6 is 0 Å². The van der Waals surface area contributed by atoms with E-state index in [4.69, 9.17) is 14.2 Å². The molecular weight excluding hydrogens is 581 g/mol. The number of carbonyl (C=O) groups excluding carboxylic acids is 3. The number of nitrogens with zero attached hydrogens (tertiary/aromatic N) is 2. The Bertz CT molecular complexity index is 1320. The summed E-state index contributed by atoms with van der Waals surface area (Å²) >= 11 is 0. The first-order chi connectivity index (χ1) is 20.9. The number of alkyl halides is 3. The highest BCUT2D eigenvalue weighted by Crippen LogP contribution is 2.31. The molecule has 10 nitrogen and oxygen atoms in total. The van der Waals surface area contributed by atoms with Gasteiger partial charge in [-0.15, -0.1) is 0 Å². The van der Waals surface area contributed by atoms with Crippen LogP contribution in [0.1, 0.15) is 42.6 Å². The zero-order valence-electron chi connectivity index (χ0n) is 25.3. The lowest BCUT2D eigenvalue weighted by Gasteiger charge is -2.36. The lowest BCUT2D eigenvalue weighted by atomic mass is 9.99. The Morgan fingerprint density at radius 3 is 2.27 bits per heavy atom. The second kappa shape index (κ2) is 14.3. The maximum Gasteiger partial charge on any atom is 0.416 e. The van der Waals surface area contributed by atoms with Crippen LogP contribution in [0.5, 0.6) is 5.75 Å². The molecule has 0 saturated carbocycles. The van der Waals surface area contributed by atoms with Crippen molar-refractivity contribution in [3.05, 3.63) is 53.6 Å². The van der Waals surface area contributed by atoms with Crippen molar-refractivity contribution in [3.8, 4) is 5.75 Å². The van der Waals surface area contributed by atoms with Crippen LogP contribution < -0.4 is 15.4 Å². The van der Waals surface area contributed by atoms with E-state index < -0.39 is 29.9 Å². The van der Waals surface area contributed by atoms with E-state index in [1.807, 2.05) is 6.92 Å². The monoisotopic (exact) mass is 620 g/mol. The number of amides is 4. The molecule has 2 N–H and O–H groups in total. The number of urea groups is 1. The SMILES string of the molecule is CO[C@@H]1CN(C)C(=O)c2ccc(NC(=O)C3CCOCC3)cc2OC[C@@H](C)N(C(=O)Nc2ccc(C(F)(F)F)cc2)C[C@H]1C. The number of nitrogens with one attached hydrogen (secondary N) is 2. The summed E-state index contributed by atoms with van der Waals surface area (Å²) in [5.41, 5.74) is 0.142. The van der Waals surface area contributed by atoms with E-state index in [1.54, 1.807) is 32.2 Å². The highest BCUT2D eigenvalue weighted by Gasteiger charge is 2.32. The summed E-state index contributed by atoms with van der Waals surface area (Å²) in [5, 5.41) is 5.60. The van der Waals surface area contributed by atoms with Gasteiger partial charge in [0.25, 0.3) is 5.91 Å². The lowest BCUT2D eigenvalue weighted by molar-refractivity contribution is -0.137.